The zero-order valence-electron chi connectivity index (χ0n) is 16.9. The molecule has 3 aromatic rings. The van der Waals surface area contributed by atoms with Gasteiger partial charge < -0.3 is 0 Å². The van der Waals surface area contributed by atoms with Gasteiger partial charge in [0.2, 0.25) is 11.8 Å². The Labute approximate surface area is 176 Å². The summed E-state index contributed by atoms with van der Waals surface area (Å²) in [5.74, 6) is -0.493. The lowest BCUT2D eigenvalue weighted by molar-refractivity contribution is -0.140. The highest BCUT2D eigenvalue weighted by atomic mass is 16.2. The zero-order chi connectivity index (χ0) is 20.4. The van der Waals surface area contributed by atoms with Crippen molar-refractivity contribution in [3.8, 4) is 0 Å². The maximum Gasteiger partial charge on any atom is 0.234 e. The second-order valence-corrected chi connectivity index (χ2v) is 8.86. The molecular formula is C27H23NO2. The van der Waals surface area contributed by atoms with Crippen LogP contribution in [-0.4, -0.2) is 23.3 Å². The smallest absolute Gasteiger partial charge is 0.234 e. The minimum atomic E-state index is -0.282. The highest BCUT2D eigenvalue weighted by Gasteiger charge is 2.61. The number of imide groups is 1. The maximum atomic E-state index is 13.6. The molecule has 1 heterocycles. The van der Waals surface area contributed by atoms with E-state index in [9.17, 15) is 9.59 Å². The van der Waals surface area contributed by atoms with Crippen LogP contribution in [0.4, 0.5) is 0 Å². The van der Waals surface area contributed by atoms with Crippen LogP contribution in [-0.2, 0) is 9.59 Å². The third-order valence-corrected chi connectivity index (χ3v) is 7.36. The lowest BCUT2D eigenvalue weighted by Gasteiger charge is -2.45. The van der Waals surface area contributed by atoms with Crippen LogP contribution in [0.3, 0.4) is 0 Å². The van der Waals surface area contributed by atoms with Crippen LogP contribution in [0, 0.1) is 11.8 Å². The van der Waals surface area contributed by atoms with E-state index < -0.39 is 0 Å². The van der Waals surface area contributed by atoms with Crippen molar-refractivity contribution in [1.29, 1.82) is 0 Å². The quantitative estimate of drug-likeness (QED) is 0.606. The van der Waals surface area contributed by atoms with E-state index >= 15 is 0 Å². The Morgan fingerprint density at radius 1 is 0.667 bits per heavy atom. The van der Waals surface area contributed by atoms with Crippen LogP contribution in [0.1, 0.15) is 52.5 Å². The average molecular weight is 393 g/mol. The predicted octanol–water partition coefficient (Wildman–Crippen LogP) is 4.68. The minimum Gasteiger partial charge on any atom is -0.281 e. The van der Waals surface area contributed by atoms with Gasteiger partial charge in [-0.1, -0.05) is 85.8 Å². The molecule has 0 unspecified atom stereocenters. The Hall–Kier alpha value is -3.20. The van der Waals surface area contributed by atoms with Crippen LogP contribution < -0.4 is 0 Å². The monoisotopic (exact) mass is 393 g/mol. The molecule has 0 aromatic heterocycles. The first-order chi connectivity index (χ1) is 14.7. The van der Waals surface area contributed by atoms with Gasteiger partial charge in [-0.15, -0.1) is 0 Å². The van der Waals surface area contributed by atoms with Crippen molar-refractivity contribution in [2.45, 2.75) is 24.7 Å². The SMILES string of the molecule is C[C@@H](CN1C(=O)[C@@H]2C3c4ccccc4C(c4ccccc43)[C@@H]2C1=O)c1ccccc1. The summed E-state index contributed by atoms with van der Waals surface area (Å²) in [6.45, 7) is 2.54. The van der Waals surface area contributed by atoms with Gasteiger partial charge in [0.15, 0.2) is 0 Å². The number of carbonyl (C=O) groups is 2. The first kappa shape index (κ1) is 17.6. The summed E-state index contributed by atoms with van der Waals surface area (Å²) in [4.78, 5) is 28.8. The highest BCUT2D eigenvalue weighted by Crippen LogP contribution is 2.61. The molecule has 30 heavy (non-hydrogen) atoms. The van der Waals surface area contributed by atoms with Crippen molar-refractivity contribution < 1.29 is 9.59 Å². The topological polar surface area (TPSA) is 37.4 Å². The second kappa shape index (κ2) is 6.40. The van der Waals surface area contributed by atoms with Crippen molar-refractivity contribution in [2.75, 3.05) is 6.54 Å². The molecule has 0 spiro atoms. The van der Waals surface area contributed by atoms with Crippen molar-refractivity contribution >= 4 is 11.8 Å². The molecule has 3 aromatic carbocycles. The van der Waals surface area contributed by atoms with E-state index in [1.54, 1.807) is 4.90 Å². The molecule has 1 saturated heterocycles. The molecule has 0 radical (unpaired) electrons. The fourth-order valence-electron chi connectivity index (χ4n) is 6.08. The first-order valence-electron chi connectivity index (χ1n) is 10.7. The van der Waals surface area contributed by atoms with Gasteiger partial charge in [-0.05, 0) is 33.7 Å². The fraction of sp³-hybridized carbons (Fsp3) is 0.259. The standard InChI is InChI=1S/C27H23NO2/c1-16(17-9-3-2-4-10-17)15-28-26(29)24-22-18-11-5-6-12-19(18)23(25(24)27(28)30)21-14-8-7-13-20(21)22/h2-14,16,22-25H,15H2,1H3/t16-,22?,23?,24-,25+/m0/s1. The van der Waals surface area contributed by atoms with Crippen molar-refractivity contribution in [3.63, 3.8) is 0 Å². The number of hydrogen-bond donors (Lipinski definition) is 0. The molecule has 3 heteroatoms. The Morgan fingerprint density at radius 3 is 1.50 bits per heavy atom. The van der Waals surface area contributed by atoms with E-state index in [1.165, 1.54) is 22.3 Å². The largest absolute Gasteiger partial charge is 0.281 e. The van der Waals surface area contributed by atoms with Gasteiger partial charge in [0.25, 0.3) is 0 Å². The van der Waals surface area contributed by atoms with Crippen LogP contribution >= 0.6 is 0 Å². The molecule has 0 saturated carbocycles. The predicted molar refractivity (Wildman–Crippen MR) is 115 cm³/mol. The Bertz CT molecular complexity index is 1050. The minimum absolute atomic E-state index is 0.00628. The molecule has 4 aliphatic rings. The average Bonchev–Trinajstić information content (AvgIpc) is 3.05. The normalized spacial score (nSPS) is 26.9. The molecule has 3 nitrogen and oxygen atoms in total. The summed E-state index contributed by atoms with van der Waals surface area (Å²) < 4.78 is 0. The molecule has 3 atom stereocenters. The summed E-state index contributed by atoms with van der Waals surface area (Å²) in [5, 5.41) is 0. The van der Waals surface area contributed by atoms with Gasteiger partial charge >= 0.3 is 0 Å². The van der Waals surface area contributed by atoms with E-state index in [4.69, 9.17) is 0 Å². The number of rotatable bonds is 3. The molecule has 7 rings (SSSR count). The van der Waals surface area contributed by atoms with E-state index in [1.807, 2.05) is 42.5 Å². The van der Waals surface area contributed by atoms with Crippen LogP contribution in [0.25, 0.3) is 0 Å². The van der Waals surface area contributed by atoms with Crippen LogP contribution in [0.15, 0.2) is 78.9 Å². The number of carbonyl (C=O) groups excluding carboxylic acids is 2. The summed E-state index contributed by atoms with van der Waals surface area (Å²) in [6.07, 6.45) is 0. The summed E-state index contributed by atoms with van der Waals surface area (Å²) in [6, 6.07) is 26.9. The van der Waals surface area contributed by atoms with Crippen LogP contribution in [0.5, 0.6) is 0 Å². The zero-order valence-corrected chi connectivity index (χ0v) is 16.9. The van der Waals surface area contributed by atoms with Gasteiger partial charge in [0.1, 0.15) is 0 Å². The second-order valence-electron chi connectivity index (χ2n) is 8.86. The lowest BCUT2D eigenvalue weighted by atomic mass is 9.55. The number of nitrogens with zero attached hydrogens (tertiary/aromatic N) is 1. The van der Waals surface area contributed by atoms with E-state index in [2.05, 4.69) is 43.3 Å². The van der Waals surface area contributed by atoms with Crippen molar-refractivity contribution in [3.05, 3.63) is 107 Å². The first-order valence-corrected chi connectivity index (χ1v) is 10.7. The van der Waals surface area contributed by atoms with Gasteiger partial charge in [0, 0.05) is 18.4 Å². The summed E-state index contributed by atoms with van der Waals surface area (Å²) in [7, 11) is 0. The van der Waals surface area contributed by atoms with E-state index in [0.717, 1.165) is 5.56 Å². The number of likely N-dealkylation sites (tertiary alicyclic amines) is 1. The van der Waals surface area contributed by atoms with E-state index in [-0.39, 0.29) is 41.4 Å². The molecule has 2 bridgehead atoms. The van der Waals surface area contributed by atoms with E-state index in [0.29, 0.717) is 6.54 Å². The molecular weight excluding hydrogens is 370 g/mol. The van der Waals surface area contributed by atoms with Gasteiger partial charge in [-0.2, -0.15) is 0 Å². The lowest BCUT2D eigenvalue weighted by Crippen LogP contribution is -2.41. The number of hydrogen-bond acceptors (Lipinski definition) is 2. The third kappa shape index (κ3) is 2.26. The molecule has 2 amide bonds. The Kier molecular flexibility index (Phi) is 3.76. The molecule has 3 aliphatic carbocycles. The third-order valence-electron chi connectivity index (χ3n) is 7.36. The Morgan fingerprint density at radius 2 is 1.07 bits per heavy atom. The molecule has 1 aliphatic heterocycles. The van der Waals surface area contributed by atoms with Crippen molar-refractivity contribution in [2.24, 2.45) is 11.8 Å². The molecule has 0 N–H and O–H groups in total. The van der Waals surface area contributed by atoms with Crippen molar-refractivity contribution in [1.82, 2.24) is 4.90 Å². The summed E-state index contributed by atoms with van der Waals surface area (Å²) >= 11 is 0. The summed E-state index contributed by atoms with van der Waals surface area (Å²) in [5.41, 5.74) is 6.05. The molecule has 148 valence electrons. The number of benzene rings is 3. The van der Waals surface area contributed by atoms with Gasteiger partial charge in [-0.25, -0.2) is 0 Å². The number of amides is 2. The van der Waals surface area contributed by atoms with Crippen LogP contribution in [0.2, 0.25) is 0 Å². The highest BCUT2D eigenvalue weighted by molar-refractivity contribution is 6.07. The van der Waals surface area contributed by atoms with Gasteiger partial charge in [0.05, 0.1) is 11.8 Å². The maximum absolute atomic E-state index is 13.6. The molecule has 1 fully saturated rings. The fourth-order valence-corrected chi connectivity index (χ4v) is 6.08. The van der Waals surface area contributed by atoms with Gasteiger partial charge in [-0.3, -0.25) is 14.5 Å². The Balaban J connectivity index is 1.43.